The van der Waals surface area contributed by atoms with Crippen LogP contribution >= 0.6 is 0 Å². The first-order chi connectivity index (χ1) is 20.0. The van der Waals surface area contributed by atoms with Gasteiger partial charge in [-0.05, 0) is 55.3 Å². The second-order valence-electron chi connectivity index (χ2n) is 11.2. The van der Waals surface area contributed by atoms with E-state index in [2.05, 4.69) is 67.1 Å². The van der Waals surface area contributed by atoms with Crippen LogP contribution in [0, 0.1) is 18.8 Å². The number of hydrogen-bond donors (Lipinski definition) is 1. The highest BCUT2D eigenvalue weighted by atomic mass is 16.6. The molecule has 6 rings (SSSR count). The van der Waals surface area contributed by atoms with E-state index < -0.39 is 5.60 Å². The van der Waals surface area contributed by atoms with Crippen molar-refractivity contribution < 1.29 is 14.3 Å². The zero-order valence-electron chi connectivity index (χ0n) is 23.9. The molecule has 1 saturated heterocycles. The number of rotatable bonds is 10. The van der Waals surface area contributed by atoms with E-state index in [-0.39, 0.29) is 17.8 Å². The van der Waals surface area contributed by atoms with E-state index in [1.165, 1.54) is 19.3 Å². The molecule has 2 heterocycles. The first kappa shape index (κ1) is 26.9. The van der Waals surface area contributed by atoms with Crippen LogP contribution < -0.4 is 15.0 Å². The van der Waals surface area contributed by atoms with Gasteiger partial charge in [0, 0.05) is 53.3 Å². The number of esters is 1. The van der Waals surface area contributed by atoms with Gasteiger partial charge in [-0.25, -0.2) is 0 Å². The van der Waals surface area contributed by atoms with Crippen LogP contribution in [0.5, 0.6) is 11.5 Å². The molecule has 1 spiro atoms. The van der Waals surface area contributed by atoms with Gasteiger partial charge in [-0.2, -0.15) is 0 Å². The van der Waals surface area contributed by atoms with Crippen molar-refractivity contribution in [1.29, 1.82) is 0 Å². The fourth-order valence-electron chi connectivity index (χ4n) is 6.43. The Morgan fingerprint density at radius 2 is 1.78 bits per heavy atom. The van der Waals surface area contributed by atoms with E-state index in [1.54, 1.807) is 0 Å². The number of hydrogen-bond acceptors (Lipinski definition) is 5. The summed E-state index contributed by atoms with van der Waals surface area (Å²) >= 11 is 0. The molecule has 0 radical (unpaired) electrons. The zero-order chi connectivity index (χ0) is 28.4. The average molecular weight is 547 g/mol. The largest absolute Gasteiger partial charge is 0.456 e. The molecule has 5 nitrogen and oxygen atoms in total. The minimum Gasteiger partial charge on any atom is -0.456 e. The van der Waals surface area contributed by atoms with E-state index in [0.29, 0.717) is 0 Å². The smallest absolute Gasteiger partial charge is 0.314 e. The monoisotopic (exact) mass is 546 g/mol. The predicted molar refractivity (Wildman–Crippen MR) is 166 cm³/mol. The maximum Gasteiger partial charge on any atom is 0.314 e. The van der Waals surface area contributed by atoms with Crippen LogP contribution in [0.3, 0.4) is 0 Å². The Kier molecular flexibility index (Phi) is 7.44. The van der Waals surface area contributed by atoms with Crippen molar-refractivity contribution in [3.63, 3.8) is 0 Å². The fraction of sp³-hybridized carbons (Fsp3) is 0.306. The number of carbonyl (C=O) groups excluding carboxylic acids is 1. The molecular formula is C36H38N2O3. The highest BCUT2D eigenvalue weighted by Crippen LogP contribution is 2.60. The van der Waals surface area contributed by atoms with E-state index in [9.17, 15) is 4.79 Å². The van der Waals surface area contributed by atoms with Gasteiger partial charge in [-0.15, -0.1) is 6.58 Å². The number of para-hydroxylation sites is 1. The molecule has 3 atom stereocenters. The number of benzene rings is 3. The summed E-state index contributed by atoms with van der Waals surface area (Å²) < 4.78 is 13.2. The van der Waals surface area contributed by atoms with Crippen molar-refractivity contribution in [2.45, 2.75) is 45.1 Å². The van der Waals surface area contributed by atoms with Gasteiger partial charge in [0.25, 0.3) is 0 Å². The van der Waals surface area contributed by atoms with Gasteiger partial charge < -0.3 is 19.7 Å². The third-order valence-electron chi connectivity index (χ3n) is 8.50. The number of fused-ring (bicyclic) bond motifs is 6. The lowest BCUT2D eigenvalue weighted by Gasteiger charge is -2.40. The van der Waals surface area contributed by atoms with E-state index in [4.69, 9.17) is 9.47 Å². The van der Waals surface area contributed by atoms with Gasteiger partial charge in [0.15, 0.2) is 5.60 Å². The zero-order valence-corrected chi connectivity index (χ0v) is 23.9. The number of anilines is 3. The Hall–Kier alpha value is -4.25. The second kappa shape index (κ2) is 11.3. The van der Waals surface area contributed by atoms with Gasteiger partial charge in [-0.1, -0.05) is 74.8 Å². The number of unbranched alkanes of at least 4 members (excludes halogenated alkanes) is 3. The Morgan fingerprint density at radius 3 is 2.59 bits per heavy atom. The second-order valence-corrected chi connectivity index (χ2v) is 11.2. The van der Waals surface area contributed by atoms with E-state index in [0.717, 1.165) is 64.8 Å². The molecule has 1 aliphatic carbocycles. The number of nitrogens with zero attached hydrogens (tertiary/aromatic N) is 1. The normalized spacial score (nSPS) is 21.5. The molecule has 1 fully saturated rings. The number of carbonyl (C=O) groups is 1. The van der Waals surface area contributed by atoms with Crippen molar-refractivity contribution >= 4 is 23.0 Å². The maximum atomic E-state index is 13.4. The van der Waals surface area contributed by atoms with Gasteiger partial charge in [-0.3, -0.25) is 4.79 Å². The molecule has 2 aliphatic heterocycles. The molecule has 3 unspecified atom stereocenters. The summed E-state index contributed by atoms with van der Waals surface area (Å²) in [5.74, 6) is 0.720. The SMILES string of the molecule is C=CCN(CCCCCC)c1ccc2c(c1)Oc1cc(C)c(Nc3ccccc3)cc1C21OC(=O)C2C=CC=CC21. The fourth-order valence-corrected chi connectivity index (χ4v) is 6.43. The van der Waals surface area contributed by atoms with Crippen molar-refractivity contribution in [3.8, 4) is 11.5 Å². The van der Waals surface area contributed by atoms with Gasteiger partial charge in [0.1, 0.15) is 11.5 Å². The molecule has 0 amide bonds. The molecule has 3 aromatic carbocycles. The Labute approximate surface area is 243 Å². The number of allylic oxidation sites excluding steroid dienone is 2. The summed E-state index contributed by atoms with van der Waals surface area (Å²) in [7, 11) is 0. The first-order valence-electron chi connectivity index (χ1n) is 14.8. The minimum absolute atomic E-state index is 0.183. The van der Waals surface area contributed by atoms with Crippen LogP contribution in [-0.4, -0.2) is 19.1 Å². The molecule has 41 heavy (non-hydrogen) atoms. The molecule has 3 aliphatic rings. The number of ether oxygens (including phenoxy) is 2. The minimum atomic E-state index is -0.990. The molecule has 0 saturated carbocycles. The van der Waals surface area contributed by atoms with Gasteiger partial charge in [0.05, 0.1) is 5.92 Å². The van der Waals surface area contributed by atoms with Crippen molar-refractivity contribution in [1.82, 2.24) is 0 Å². The van der Waals surface area contributed by atoms with Crippen LogP contribution in [0.25, 0.3) is 0 Å². The quantitative estimate of drug-likeness (QED) is 0.157. The predicted octanol–water partition coefficient (Wildman–Crippen LogP) is 8.58. The Morgan fingerprint density at radius 1 is 0.976 bits per heavy atom. The highest BCUT2D eigenvalue weighted by molar-refractivity contribution is 5.83. The number of nitrogens with one attached hydrogen (secondary N) is 1. The number of aryl methyl sites for hydroxylation is 1. The van der Waals surface area contributed by atoms with Crippen LogP contribution in [0.15, 0.2) is 97.6 Å². The summed E-state index contributed by atoms with van der Waals surface area (Å²) in [6.45, 7) is 10.0. The molecule has 3 aromatic rings. The molecule has 5 heteroatoms. The summed E-state index contributed by atoms with van der Waals surface area (Å²) in [5.41, 5.74) is 4.84. The first-order valence-corrected chi connectivity index (χ1v) is 14.8. The maximum absolute atomic E-state index is 13.4. The van der Waals surface area contributed by atoms with Crippen LogP contribution in [0.1, 0.15) is 49.3 Å². The standard InChI is InChI=1S/C36H38N2O3/c1-4-6-7-13-21-38(20-5-2)27-18-19-30-34(23-27)40-33-22-25(3)32(37-26-14-9-8-10-15-26)24-31(33)36(30)29-17-12-11-16-28(29)35(39)41-36/h5,8-12,14-19,22-24,28-29,37H,2,4,6-7,13,20-21H2,1,3H3. The van der Waals surface area contributed by atoms with E-state index in [1.807, 2.05) is 54.6 Å². The lowest BCUT2D eigenvalue weighted by Crippen LogP contribution is -2.38. The summed E-state index contributed by atoms with van der Waals surface area (Å²) in [5, 5.41) is 3.56. The third-order valence-corrected chi connectivity index (χ3v) is 8.50. The van der Waals surface area contributed by atoms with E-state index >= 15 is 0 Å². The third kappa shape index (κ3) is 4.84. The van der Waals surface area contributed by atoms with Crippen LogP contribution in [-0.2, 0) is 15.1 Å². The topological polar surface area (TPSA) is 50.8 Å². The average Bonchev–Trinajstić information content (AvgIpc) is 3.28. The summed E-state index contributed by atoms with van der Waals surface area (Å²) in [6.07, 6.45) is 14.8. The molecule has 0 bridgehead atoms. The molecular weight excluding hydrogens is 508 g/mol. The molecule has 1 N–H and O–H groups in total. The lowest BCUT2D eigenvalue weighted by molar-refractivity contribution is -0.148. The summed E-state index contributed by atoms with van der Waals surface area (Å²) in [4.78, 5) is 15.7. The van der Waals surface area contributed by atoms with Crippen LogP contribution in [0.4, 0.5) is 17.1 Å². The van der Waals surface area contributed by atoms with Gasteiger partial charge >= 0.3 is 5.97 Å². The lowest BCUT2D eigenvalue weighted by atomic mass is 9.69. The Bertz CT molecular complexity index is 1510. The summed E-state index contributed by atoms with van der Waals surface area (Å²) in [6, 6.07) is 20.6. The molecule has 0 aromatic heterocycles. The molecule has 210 valence electrons. The highest BCUT2D eigenvalue weighted by Gasteiger charge is 2.60. The Balaban J connectivity index is 1.45. The van der Waals surface area contributed by atoms with Gasteiger partial charge in [0.2, 0.25) is 0 Å². The van der Waals surface area contributed by atoms with Crippen molar-refractivity contribution in [2.24, 2.45) is 11.8 Å². The van der Waals surface area contributed by atoms with Crippen LogP contribution in [0.2, 0.25) is 0 Å². The van der Waals surface area contributed by atoms with Crippen molar-refractivity contribution in [3.05, 3.63) is 114 Å². The van der Waals surface area contributed by atoms with Crippen molar-refractivity contribution in [2.75, 3.05) is 23.3 Å².